The van der Waals surface area contributed by atoms with Gasteiger partial charge in [0.25, 0.3) is 0 Å². The minimum absolute atomic E-state index is 0.123. The van der Waals surface area contributed by atoms with Gasteiger partial charge in [0, 0.05) is 10.9 Å². The summed E-state index contributed by atoms with van der Waals surface area (Å²) in [7, 11) is 1.77. The lowest BCUT2D eigenvalue weighted by Gasteiger charge is -2.46. The smallest absolute Gasteiger partial charge is 0.416 e. The molecule has 0 unspecified atom stereocenters. The molecule has 0 radical (unpaired) electrons. The average molecular weight is 1120 g/mol. The zero-order valence-electron chi connectivity index (χ0n) is 37.5. The van der Waals surface area contributed by atoms with E-state index in [1.807, 2.05) is 36.4 Å². The number of ketones is 1. The van der Waals surface area contributed by atoms with Crippen molar-refractivity contribution < 1.29 is 115 Å². The van der Waals surface area contributed by atoms with Crippen LogP contribution in [0.3, 0.4) is 0 Å². The quantitative estimate of drug-likeness (QED) is 0.0657. The van der Waals surface area contributed by atoms with Gasteiger partial charge in [0.2, 0.25) is 5.78 Å². The third-order valence-corrected chi connectivity index (χ3v) is 12.1. The fourth-order valence-electron chi connectivity index (χ4n) is 8.10. The van der Waals surface area contributed by atoms with Crippen molar-refractivity contribution in [1.29, 1.82) is 0 Å². The highest BCUT2D eigenvalue weighted by Crippen LogP contribution is 2.42. The number of benzene rings is 6. The summed E-state index contributed by atoms with van der Waals surface area (Å²) >= 11 is 0. The van der Waals surface area contributed by atoms with Crippen LogP contribution in [0.1, 0.15) is 54.9 Å². The van der Waals surface area contributed by atoms with E-state index in [1.165, 1.54) is 0 Å². The first-order valence-electron chi connectivity index (χ1n) is 20.4. The highest BCUT2D eigenvalue weighted by molar-refractivity contribution is 7.96. The maximum Gasteiger partial charge on any atom is 0.416 e. The molecule has 0 aliphatic heterocycles. The highest BCUT2D eigenvalue weighted by Gasteiger charge is 2.47. The number of rotatable bonds is 8. The van der Waals surface area contributed by atoms with Gasteiger partial charge >= 0.3 is 49.4 Å². The number of halogens is 24. The Labute approximate surface area is 409 Å². The molecule has 0 atom stereocenters. The fourth-order valence-corrected chi connectivity index (χ4v) is 8.78. The number of alkyl halides is 24. The molecule has 0 aliphatic rings. The Morgan fingerprint density at radius 1 is 0.387 bits per heavy atom. The molecule has 2 nitrogen and oxygen atoms in total. The molecule has 6 aromatic carbocycles. The van der Waals surface area contributed by atoms with E-state index in [2.05, 4.69) is 12.5 Å². The van der Waals surface area contributed by atoms with Crippen molar-refractivity contribution in [3.05, 3.63) is 159 Å². The Balaban J connectivity index is 0.000000483. The molecule has 0 fully saturated rings. The number of carbonyl (C=O) groups excluding carboxylic acids is 1. The molecule has 6 rings (SSSR count). The molecule has 0 heterocycles. The van der Waals surface area contributed by atoms with Crippen molar-refractivity contribution in [1.82, 2.24) is 0 Å². The predicted molar refractivity (Wildman–Crippen MR) is 229 cm³/mol. The number of hydrogen-bond acceptors (Lipinski definition) is 2. The van der Waals surface area contributed by atoms with Crippen molar-refractivity contribution in [3.63, 3.8) is 0 Å². The molecule has 0 saturated carbocycles. The minimum Gasteiger partial charge on any atom is -0.496 e. The third kappa shape index (κ3) is 13.4. The summed E-state index contributed by atoms with van der Waals surface area (Å²) in [4.78, 5) is 12.2. The van der Waals surface area contributed by atoms with Crippen LogP contribution in [0.15, 0.2) is 109 Å². The lowest BCUT2D eigenvalue weighted by molar-refractivity contribution is -0.144. The van der Waals surface area contributed by atoms with Gasteiger partial charge in [-0.1, -0.05) is 72.8 Å². The van der Waals surface area contributed by atoms with Gasteiger partial charge in [0.15, 0.2) is 5.75 Å². The Morgan fingerprint density at radius 3 is 0.840 bits per heavy atom. The van der Waals surface area contributed by atoms with Gasteiger partial charge in [-0.25, -0.2) is 0 Å². The largest absolute Gasteiger partial charge is 0.496 e. The summed E-state index contributed by atoms with van der Waals surface area (Å²) in [6.07, 6.45) is -50.6. The fraction of sp³-hybridized carbons (Fsp3) is 0.255. The van der Waals surface area contributed by atoms with E-state index in [1.54, 1.807) is 7.11 Å². The zero-order chi connectivity index (χ0) is 57.0. The molecule has 0 aromatic heterocycles. The lowest BCUT2D eigenvalue weighted by Crippen LogP contribution is -2.75. The number of carbonyl (C=O) groups is 1. The predicted octanol–water partition coefficient (Wildman–Crippen LogP) is 14.1. The van der Waals surface area contributed by atoms with Crippen LogP contribution >= 0.6 is 0 Å². The second-order valence-corrected chi connectivity index (χ2v) is 18.9. The minimum atomic E-state index is -6.13. The summed E-state index contributed by atoms with van der Waals surface area (Å²) in [5.41, 5.74) is -29.4. The SMILES string of the molecule is COc1ccc(C(=O)C[S+](C)C)c2ccccc12.FC(F)(F)c1cc([B-](c2cc(C(F)(F)F)cc(C(F)(F)F)c2)(c2cc(C(F)(F)F)cc(C(F)(F)F)c2)c2cc(C(F)(F)F)cc(C(F)(F)F)c2)cc(C(F)(F)F)c1. The van der Waals surface area contributed by atoms with Crippen molar-refractivity contribution in [2.24, 2.45) is 0 Å². The molecular weight excluding hydrogens is 1100 g/mol. The van der Waals surface area contributed by atoms with Crippen LogP contribution in [0.4, 0.5) is 105 Å². The molecule has 0 bridgehead atoms. The first-order chi connectivity index (χ1) is 33.9. The molecule has 0 aliphatic carbocycles. The average Bonchev–Trinajstić information content (AvgIpc) is 3.26. The first kappa shape index (κ1) is 59.7. The monoisotopic (exact) mass is 1120 g/mol. The van der Waals surface area contributed by atoms with Crippen molar-refractivity contribution >= 4 is 55.4 Å². The summed E-state index contributed by atoms with van der Waals surface area (Å²) in [6, 6.07) is 2.82. The topological polar surface area (TPSA) is 26.3 Å². The molecule has 0 saturated heterocycles. The van der Waals surface area contributed by atoms with Gasteiger partial charge in [-0.3, -0.25) is 4.79 Å². The summed E-state index contributed by atoms with van der Waals surface area (Å²) in [6.45, 7) is 0. The molecule has 75 heavy (non-hydrogen) atoms. The van der Waals surface area contributed by atoms with Crippen LogP contribution in [0.25, 0.3) is 10.8 Å². The van der Waals surface area contributed by atoms with Gasteiger partial charge in [-0.05, 0) is 52.7 Å². The normalized spacial score (nSPS) is 13.5. The lowest BCUT2D eigenvalue weighted by atomic mass is 9.12. The third-order valence-electron chi connectivity index (χ3n) is 11.3. The van der Waals surface area contributed by atoms with Gasteiger partial charge in [-0.15, -0.1) is 0 Å². The van der Waals surface area contributed by atoms with Crippen molar-refractivity contribution in [3.8, 4) is 5.75 Å². The van der Waals surface area contributed by atoms with Crippen molar-refractivity contribution in [2.45, 2.75) is 49.4 Å². The van der Waals surface area contributed by atoms with E-state index in [-0.39, 0.29) is 16.7 Å². The van der Waals surface area contributed by atoms with E-state index >= 15 is 0 Å². The van der Waals surface area contributed by atoms with Crippen LogP contribution in [0, 0.1) is 0 Å². The molecule has 28 heteroatoms. The van der Waals surface area contributed by atoms with E-state index in [9.17, 15) is 110 Å². The second-order valence-electron chi connectivity index (χ2n) is 16.6. The van der Waals surface area contributed by atoms with Crippen molar-refractivity contribution in [2.75, 3.05) is 25.4 Å². The van der Waals surface area contributed by atoms with Crippen LogP contribution < -0.4 is 26.6 Å². The number of methoxy groups -OCH3 is 1. The second kappa shape index (κ2) is 20.4. The molecule has 0 amide bonds. The summed E-state index contributed by atoms with van der Waals surface area (Å²) < 4.78 is 346. The van der Waals surface area contributed by atoms with E-state index in [0.717, 1.165) is 22.1 Å². The summed E-state index contributed by atoms with van der Waals surface area (Å²) in [5.74, 6) is 1.63. The van der Waals surface area contributed by atoms with Gasteiger partial charge < -0.3 is 4.74 Å². The Bertz CT molecular complexity index is 2630. The maximum atomic E-state index is 14.2. The van der Waals surface area contributed by atoms with Gasteiger partial charge in [0.05, 0.1) is 64.1 Å². The van der Waals surface area contributed by atoms with E-state index < -0.39 is 195 Å². The van der Waals surface area contributed by atoms with Gasteiger partial charge in [0.1, 0.15) is 11.9 Å². The van der Waals surface area contributed by atoms with E-state index in [0.29, 0.717) is 5.75 Å². The van der Waals surface area contributed by atoms with Gasteiger partial charge in [-0.2, -0.15) is 127 Å². The van der Waals surface area contributed by atoms with Crippen LogP contribution in [0.5, 0.6) is 5.75 Å². The number of fused-ring (bicyclic) bond motifs is 1. The first-order valence-corrected chi connectivity index (χ1v) is 22.6. The molecule has 0 N–H and O–H groups in total. The summed E-state index contributed by atoms with van der Waals surface area (Å²) in [5, 5.41) is 1.98. The number of ether oxygens (including phenoxy) is 1. The standard InChI is InChI=1S/C32H12BF24.C15H17O2S/c34-25(35,36)13-1-14(26(37,38)39)6-21(5-13)33(22-7-15(27(40,41)42)2-16(8-22)28(43,44)45,23-9-17(29(46,47)48)3-18(10-23)30(49,50)51)24-11-19(31(52,53)54)4-20(12-24)32(55,56)57;1-17-15-9-8-12(14(16)10-18(2)3)11-6-4-5-7-13(11)15/h1-12H;4-9H,10H2,1-3H3/q-1;+1. The van der Waals surface area contributed by atoms with E-state index in [4.69, 9.17) is 4.74 Å². The maximum absolute atomic E-state index is 14.2. The Kier molecular flexibility index (Phi) is 16.2. The molecule has 406 valence electrons. The number of Topliss-reactive ketones (excluding diaryl/α,β-unsaturated/α-hetero) is 1. The van der Waals surface area contributed by atoms with Crippen LogP contribution in [-0.4, -0.2) is 37.3 Å². The molecule has 0 spiro atoms. The Hall–Kier alpha value is -6.22. The molecule has 6 aromatic rings. The highest BCUT2D eigenvalue weighted by atomic mass is 32.2. The number of hydrogen-bond donors (Lipinski definition) is 0. The van der Waals surface area contributed by atoms with Crippen LogP contribution in [0.2, 0.25) is 0 Å². The molecular formula is C47H29BF24O2S. The van der Waals surface area contributed by atoms with Crippen LogP contribution in [-0.2, 0) is 60.3 Å². The zero-order valence-corrected chi connectivity index (χ0v) is 38.3. The Morgan fingerprint density at radius 2 is 0.627 bits per heavy atom.